The van der Waals surface area contributed by atoms with Gasteiger partial charge in [0.1, 0.15) is 0 Å². The Hall–Kier alpha value is -1.36. The second-order valence-corrected chi connectivity index (χ2v) is 3.93. The lowest BCUT2D eigenvalue weighted by Crippen LogP contribution is -2.21. The van der Waals surface area contributed by atoms with Gasteiger partial charge in [-0.25, -0.2) is 10.8 Å². The van der Waals surface area contributed by atoms with Crippen LogP contribution in [0.25, 0.3) is 0 Å². The van der Waals surface area contributed by atoms with E-state index in [1.807, 2.05) is 6.92 Å². The summed E-state index contributed by atoms with van der Waals surface area (Å²) in [5.74, 6) is 5.51. The average molecular weight is 224 g/mol. The second-order valence-electron chi connectivity index (χ2n) is 3.93. The zero-order chi connectivity index (χ0) is 12.0. The molecule has 0 saturated heterocycles. The Labute approximate surface area is 95.4 Å². The molecular weight excluding hydrogens is 204 g/mol. The van der Waals surface area contributed by atoms with Crippen molar-refractivity contribution in [3.05, 3.63) is 21.6 Å². The minimum atomic E-state index is -0.0862. The number of nitrogens with zero attached hydrogens (tertiary/aromatic N) is 1. The summed E-state index contributed by atoms with van der Waals surface area (Å²) in [6.07, 6.45) is 5.40. The van der Waals surface area contributed by atoms with Gasteiger partial charge in [-0.1, -0.05) is 26.2 Å². The van der Waals surface area contributed by atoms with Gasteiger partial charge in [0.05, 0.1) is 0 Å². The number of rotatable bonds is 6. The summed E-state index contributed by atoms with van der Waals surface area (Å²) in [4.78, 5) is 18.5. The fourth-order valence-electron chi connectivity index (χ4n) is 1.70. The number of nitrogen functional groups attached to an aromatic ring is 1. The van der Waals surface area contributed by atoms with E-state index < -0.39 is 0 Å². The molecule has 0 bridgehead atoms. The van der Waals surface area contributed by atoms with Crippen LogP contribution < -0.4 is 16.8 Å². The third-order valence-electron chi connectivity index (χ3n) is 2.64. The normalized spacial score (nSPS) is 10.4. The third-order valence-corrected chi connectivity index (χ3v) is 2.64. The number of hydrazine groups is 1. The first-order chi connectivity index (χ1) is 7.69. The van der Waals surface area contributed by atoms with Crippen molar-refractivity contribution in [2.75, 3.05) is 5.43 Å². The highest BCUT2D eigenvalue weighted by Crippen LogP contribution is 2.08. The molecule has 0 aromatic carbocycles. The molecular formula is C11H20N4O. The predicted molar refractivity (Wildman–Crippen MR) is 65.3 cm³/mol. The Morgan fingerprint density at radius 1 is 1.38 bits per heavy atom. The van der Waals surface area contributed by atoms with Crippen LogP contribution in [0.3, 0.4) is 0 Å². The van der Waals surface area contributed by atoms with Gasteiger partial charge in [0.15, 0.2) is 0 Å². The first kappa shape index (κ1) is 12.7. The average Bonchev–Trinajstić information content (AvgIpc) is 2.26. The summed E-state index contributed by atoms with van der Waals surface area (Å²) in [6.45, 7) is 4.01. The summed E-state index contributed by atoms with van der Waals surface area (Å²) < 4.78 is 0. The fraction of sp³-hybridized carbons (Fsp3) is 0.636. The van der Waals surface area contributed by atoms with Gasteiger partial charge >= 0.3 is 0 Å². The number of aryl methyl sites for hydroxylation is 1. The summed E-state index contributed by atoms with van der Waals surface area (Å²) in [5.41, 5.74) is 3.79. The number of nitrogens with two attached hydrogens (primary N) is 1. The van der Waals surface area contributed by atoms with Gasteiger partial charge in [0, 0.05) is 11.3 Å². The molecule has 1 heterocycles. The number of nitrogens with one attached hydrogen (secondary N) is 2. The zero-order valence-electron chi connectivity index (χ0n) is 9.97. The van der Waals surface area contributed by atoms with Crippen LogP contribution in [-0.4, -0.2) is 9.97 Å². The van der Waals surface area contributed by atoms with E-state index in [0.717, 1.165) is 30.5 Å². The molecule has 0 atom stereocenters. The summed E-state index contributed by atoms with van der Waals surface area (Å²) in [6, 6.07) is 0. The first-order valence-electron chi connectivity index (χ1n) is 5.75. The van der Waals surface area contributed by atoms with Crippen LogP contribution in [0, 0.1) is 6.92 Å². The highest BCUT2D eigenvalue weighted by atomic mass is 16.1. The van der Waals surface area contributed by atoms with Gasteiger partial charge in [-0.05, 0) is 19.8 Å². The van der Waals surface area contributed by atoms with E-state index in [9.17, 15) is 4.79 Å². The quantitative estimate of drug-likeness (QED) is 0.388. The van der Waals surface area contributed by atoms with Crippen LogP contribution in [0.4, 0.5) is 5.95 Å². The molecule has 16 heavy (non-hydrogen) atoms. The molecule has 0 amide bonds. The minimum Gasteiger partial charge on any atom is -0.294 e. The molecule has 5 heteroatoms. The van der Waals surface area contributed by atoms with Crippen molar-refractivity contribution in [2.24, 2.45) is 5.84 Å². The molecule has 0 aliphatic carbocycles. The molecule has 0 aliphatic heterocycles. The van der Waals surface area contributed by atoms with Crippen molar-refractivity contribution in [1.82, 2.24) is 9.97 Å². The number of aromatic amines is 1. The van der Waals surface area contributed by atoms with E-state index in [0.29, 0.717) is 5.95 Å². The van der Waals surface area contributed by atoms with Crippen molar-refractivity contribution in [1.29, 1.82) is 0 Å². The van der Waals surface area contributed by atoms with Gasteiger partial charge in [-0.2, -0.15) is 0 Å². The first-order valence-corrected chi connectivity index (χ1v) is 5.75. The molecule has 5 nitrogen and oxygen atoms in total. The molecule has 90 valence electrons. The standard InChI is InChI=1S/C11H20N4O/c1-3-4-5-6-7-9-8(2)13-11(15-12)14-10(9)16/h3-7,12H2,1-2H3,(H2,13,14,15,16). The van der Waals surface area contributed by atoms with Crippen LogP contribution in [0.5, 0.6) is 0 Å². The maximum Gasteiger partial charge on any atom is 0.255 e. The molecule has 1 aromatic rings. The van der Waals surface area contributed by atoms with Crippen molar-refractivity contribution in [3.8, 4) is 0 Å². The smallest absolute Gasteiger partial charge is 0.255 e. The van der Waals surface area contributed by atoms with E-state index in [4.69, 9.17) is 5.84 Å². The van der Waals surface area contributed by atoms with E-state index >= 15 is 0 Å². The number of aromatic nitrogens is 2. The van der Waals surface area contributed by atoms with E-state index in [1.54, 1.807) is 0 Å². The Kier molecular flexibility index (Phi) is 4.98. The summed E-state index contributed by atoms with van der Waals surface area (Å²) in [7, 11) is 0. The number of hydrogen-bond donors (Lipinski definition) is 3. The zero-order valence-corrected chi connectivity index (χ0v) is 9.97. The lowest BCUT2D eigenvalue weighted by Gasteiger charge is -2.06. The van der Waals surface area contributed by atoms with Crippen LogP contribution in [0.15, 0.2) is 4.79 Å². The highest BCUT2D eigenvalue weighted by molar-refractivity contribution is 5.27. The SMILES string of the molecule is CCCCCCc1c(C)nc(NN)[nH]c1=O. The van der Waals surface area contributed by atoms with Crippen LogP contribution in [-0.2, 0) is 6.42 Å². The summed E-state index contributed by atoms with van der Waals surface area (Å²) in [5, 5.41) is 0. The molecule has 0 unspecified atom stereocenters. The topological polar surface area (TPSA) is 83.8 Å². The highest BCUT2D eigenvalue weighted by Gasteiger charge is 2.06. The Balaban J connectivity index is 2.69. The molecule has 0 spiro atoms. The lowest BCUT2D eigenvalue weighted by atomic mass is 10.1. The molecule has 0 aliphatic rings. The molecule has 0 radical (unpaired) electrons. The molecule has 1 rings (SSSR count). The van der Waals surface area contributed by atoms with Crippen molar-refractivity contribution >= 4 is 5.95 Å². The van der Waals surface area contributed by atoms with E-state index in [1.165, 1.54) is 12.8 Å². The maximum absolute atomic E-state index is 11.7. The van der Waals surface area contributed by atoms with Gasteiger partial charge in [-0.15, -0.1) is 0 Å². The Morgan fingerprint density at radius 2 is 2.12 bits per heavy atom. The van der Waals surface area contributed by atoms with Crippen molar-refractivity contribution in [3.63, 3.8) is 0 Å². The monoisotopic (exact) mass is 224 g/mol. The lowest BCUT2D eigenvalue weighted by molar-refractivity contribution is 0.661. The van der Waals surface area contributed by atoms with Crippen molar-refractivity contribution < 1.29 is 0 Å². The minimum absolute atomic E-state index is 0.0862. The van der Waals surface area contributed by atoms with Gasteiger partial charge < -0.3 is 0 Å². The number of H-pyrrole nitrogens is 1. The number of anilines is 1. The molecule has 1 aromatic heterocycles. The van der Waals surface area contributed by atoms with Gasteiger partial charge in [0.2, 0.25) is 5.95 Å². The number of hydrogen-bond acceptors (Lipinski definition) is 4. The van der Waals surface area contributed by atoms with Gasteiger partial charge in [0.25, 0.3) is 5.56 Å². The van der Waals surface area contributed by atoms with E-state index in [-0.39, 0.29) is 5.56 Å². The largest absolute Gasteiger partial charge is 0.294 e. The van der Waals surface area contributed by atoms with Crippen LogP contribution in [0.2, 0.25) is 0 Å². The molecule has 0 saturated carbocycles. The Bertz CT molecular complexity index is 386. The predicted octanol–water partition coefficient (Wildman–Crippen LogP) is 1.49. The summed E-state index contributed by atoms with van der Waals surface area (Å²) >= 11 is 0. The van der Waals surface area contributed by atoms with Crippen LogP contribution in [0.1, 0.15) is 43.9 Å². The fourth-order valence-corrected chi connectivity index (χ4v) is 1.70. The van der Waals surface area contributed by atoms with E-state index in [2.05, 4.69) is 22.3 Å². The Morgan fingerprint density at radius 3 is 2.69 bits per heavy atom. The van der Waals surface area contributed by atoms with Crippen LogP contribution >= 0.6 is 0 Å². The van der Waals surface area contributed by atoms with Crippen molar-refractivity contribution in [2.45, 2.75) is 46.0 Å². The molecule has 4 N–H and O–H groups in total. The molecule has 0 fully saturated rings. The van der Waals surface area contributed by atoms with Gasteiger partial charge in [-0.3, -0.25) is 15.2 Å². The second kappa shape index (κ2) is 6.27. The number of unbranched alkanes of at least 4 members (excludes halogenated alkanes) is 3. The maximum atomic E-state index is 11.7. The third kappa shape index (κ3) is 3.34.